The molecule has 76 valence electrons. The summed E-state index contributed by atoms with van der Waals surface area (Å²) in [5.41, 5.74) is -0.600. The van der Waals surface area contributed by atoms with Gasteiger partial charge in [-0.15, -0.1) is 12.6 Å². The van der Waals surface area contributed by atoms with Gasteiger partial charge in [0.1, 0.15) is 0 Å². The first-order chi connectivity index (χ1) is 6.09. The number of rotatable bonds is 1. The largest absolute Gasteiger partial charge is 1.00 e. The fourth-order valence-electron chi connectivity index (χ4n) is 3.01. The van der Waals surface area contributed by atoms with Crippen molar-refractivity contribution in [1.29, 1.82) is 0 Å². The van der Waals surface area contributed by atoms with Crippen molar-refractivity contribution >= 4 is 0 Å². The minimum atomic E-state index is -0.600. The molecule has 3 heteroatoms. The van der Waals surface area contributed by atoms with Crippen LogP contribution < -0.4 is 51.4 Å². The summed E-state index contributed by atoms with van der Waals surface area (Å²) in [6.45, 7) is 4.80. The van der Waals surface area contributed by atoms with E-state index in [4.69, 9.17) is 0 Å². The zero-order valence-electron chi connectivity index (χ0n) is 9.66. The molecule has 3 unspecified atom stereocenters. The van der Waals surface area contributed by atoms with Crippen LogP contribution in [-0.2, 0) is 0 Å². The molecule has 1 aliphatic carbocycles. The zero-order valence-corrected chi connectivity index (χ0v) is 12.8. The standard InChI is InChI=1S/C11H20NO.K/c1-11(2,13)10-9-6-4-3-5-8(9)7-12-10;/h8-10,13H,3-7H2,1-2H3;/q-1;+1. The first kappa shape index (κ1) is 13.6. The zero-order chi connectivity index (χ0) is 9.47. The van der Waals surface area contributed by atoms with Crippen molar-refractivity contribution in [2.75, 3.05) is 6.54 Å². The normalized spacial score (nSPS) is 37.5. The van der Waals surface area contributed by atoms with Gasteiger partial charge in [0.15, 0.2) is 0 Å². The molecular formula is C11H20KNO. The molecule has 0 radical (unpaired) electrons. The van der Waals surface area contributed by atoms with Crippen LogP contribution in [0.3, 0.4) is 0 Å². The molecule has 2 nitrogen and oxygen atoms in total. The Hall–Kier alpha value is 1.56. The Kier molecular flexibility index (Phi) is 5.12. The first-order valence-electron chi connectivity index (χ1n) is 5.48. The Morgan fingerprint density at radius 2 is 1.86 bits per heavy atom. The Labute approximate surface area is 130 Å². The van der Waals surface area contributed by atoms with E-state index in [9.17, 15) is 5.11 Å². The maximum atomic E-state index is 9.96. The van der Waals surface area contributed by atoms with Gasteiger partial charge >= 0.3 is 51.4 Å². The van der Waals surface area contributed by atoms with Gasteiger partial charge < -0.3 is 10.4 Å². The van der Waals surface area contributed by atoms with Gasteiger partial charge in [-0.1, -0.05) is 37.5 Å². The summed E-state index contributed by atoms with van der Waals surface area (Å²) in [7, 11) is 0. The van der Waals surface area contributed by atoms with Crippen LogP contribution in [0.5, 0.6) is 0 Å². The second kappa shape index (κ2) is 5.26. The summed E-state index contributed by atoms with van der Waals surface area (Å²) in [4.78, 5) is 0. The van der Waals surface area contributed by atoms with Crippen LogP contribution in [0.2, 0.25) is 0 Å². The van der Waals surface area contributed by atoms with Crippen LogP contribution in [0, 0.1) is 11.8 Å². The second-order valence-corrected chi connectivity index (χ2v) is 5.17. The van der Waals surface area contributed by atoms with Crippen LogP contribution in [0.4, 0.5) is 0 Å². The van der Waals surface area contributed by atoms with Crippen LogP contribution in [0.1, 0.15) is 39.5 Å². The third-order valence-electron chi connectivity index (χ3n) is 3.63. The number of nitrogens with zero attached hydrogens (tertiary/aromatic N) is 1. The molecule has 0 aromatic carbocycles. The summed E-state index contributed by atoms with van der Waals surface area (Å²) in [6.07, 6.45) is 5.32. The number of hydrogen-bond donors (Lipinski definition) is 1. The average molecular weight is 221 g/mol. The van der Waals surface area contributed by atoms with E-state index in [-0.39, 0.29) is 57.4 Å². The van der Waals surface area contributed by atoms with Gasteiger partial charge in [-0.2, -0.15) is 0 Å². The number of aliphatic hydroxyl groups is 1. The van der Waals surface area contributed by atoms with Gasteiger partial charge in [-0.05, 0) is 13.8 Å². The van der Waals surface area contributed by atoms with Crippen LogP contribution in [0.25, 0.3) is 5.32 Å². The second-order valence-electron chi connectivity index (χ2n) is 5.17. The number of hydrogen-bond acceptors (Lipinski definition) is 1. The Balaban J connectivity index is 0.000000980. The van der Waals surface area contributed by atoms with Crippen molar-refractivity contribution in [1.82, 2.24) is 0 Å². The van der Waals surface area contributed by atoms with Crippen molar-refractivity contribution in [3.05, 3.63) is 5.32 Å². The third-order valence-corrected chi connectivity index (χ3v) is 3.63. The molecule has 2 aliphatic rings. The van der Waals surface area contributed by atoms with E-state index in [0.717, 1.165) is 12.5 Å². The molecule has 1 saturated carbocycles. The molecule has 0 aromatic rings. The SMILES string of the molecule is CC(C)(O)C1[N-]CC2CCCCC21.[K+]. The van der Waals surface area contributed by atoms with E-state index in [2.05, 4.69) is 5.32 Å². The van der Waals surface area contributed by atoms with Gasteiger partial charge in [0.25, 0.3) is 0 Å². The first-order valence-corrected chi connectivity index (χ1v) is 5.48. The molecule has 1 N–H and O–H groups in total. The third kappa shape index (κ3) is 2.81. The van der Waals surface area contributed by atoms with Crippen molar-refractivity contribution < 1.29 is 56.5 Å². The summed E-state index contributed by atoms with van der Waals surface area (Å²) in [5, 5.41) is 14.6. The summed E-state index contributed by atoms with van der Waals surface area (Å²) < 4.78 is 0. The summed E-state index contributed by atoms with van der Waals surface area (Å²) in [6, 6.07) is 0.206. The monoisotopic (exact) mass is 221 g/mol. The van der Waals surface area contributed by atoms with Crippen LogP contribution >= 0.6 is 0 Å². The van der Waals surface area contributed by atoms with Gasteiger partial charge in [0.05, 0.1) is 0 Å². The molecule has 14 heavy (non-hydrogen) atoms. The Morgan fingerprint density at radius 3 is 2.50 bits per heavy atom. The predicted octanol–water partition coefficient (Wildman–Crippen LogP) is -0.676. The van der Waals surface area contributed by atoms with E-state index in [1.54, 1.807) is 0 Å². The molecule has 0 bridgehead atoms. The van der Waals surface area contributed by atoms with Crippen molar-refractivity contribution in [2.45, 2.75) is 51.2 Å². The van der Waals surface area contributed by atoms with E-state index in [0.29, 0.717) is 5.92 Å². The maximum absolute atomic E-state index is 9.96. The minimum Gasteiger partial charge on any atom is -0.657 e. The molecule has 2 rings (SSSR count). The molecule has 1 saturated heterocycles. The van der Waals surface area contributed by atoms with Gasteiger partial charge in [-0.25, -0.2) is 0 Å². The molecule has 1 aliphatic heterocycles. The molecular weight excluding hydrogens is 201 g/mol. The predicted molar refractivity (Wildman–Crippen MR) is 53.8 cm³/mol. The Morgan fingerprint density at radius 1 is 1.21 bits per heavy atom. The van der Waals surface area contributed by atoms with Crippen LogP contribution in [0.15, 0.2) is 0 Å². The smallest absolute Gasteiger partial charge is 0.657 e. The number of fused-ring (bicyclic) bond motifs is 1. The van der Waals surface area contributed by atoms with E-state index >= 15 is 0 Å². The van der Waals surface area contributed by atoms with Gasteiger partial charge in [0.2, 0.25) is 0 Å². The Bertz CT molecular complexity index is 190. The van der Waals surface area contributed by atoms with E-state index in [1.165, 1.54) is 25.7 Å². The van der Waals surface area contributed by atoms with E-state index in [1.807, 2.05) is 13.8 Å². The van der Waals surface area contributed by atoms with Crippen LogP contribution in [-0.4, -0.2) is 23.3 Å². The van der Waals surface area contributed by atoms with Gasteiger partial charge in [-0.3, -0.25) is 0 Å². The van der Waals surface area contributed by atoms with Crippen molar-refractivity contribution in [3.63, 3.8) is 0 Å². The summed E-state index contributed by atoms with van der Waals surface area (Å²) in [5.74, 6) is 1.46. The molecule has 0 spiro atoms. The molecule has 3 atom stereocenters. The molecule has 2 fully saturated rings. The minimum absolute atomic E-state index is 0. The molecule has 1 heterocycles. The van der Waals surface area contributed by atoms with Gasteiger partial charge in [0, 0.05) is 5.60 Å². The molecule has 0 aromatic heterocycles. The average Bonchev–Trinajstić information content (AvgIpc) is 2.45. The topological polar surface area (TPSA) is 34.3 Å². The quantitative estimate of drug-likeness (QED) is 0.585. The fourth-order valence-corrected chi connectivity index (χ4v) is 3.01. The molecule has 0 amide bonds. The van der Waals surface area contributed by atoms with Crippen molar-refractivity contribution in [3.8, 4) is 0 Å². The summed E-state index contributed by atoms with van der Waals surface area (Å²) >= 11 is 0. The van der Waals surface area contributed by atoms with E-state index < -0.39 is 5.60 Å². The maximum Gasteiger partial charge on any atom is 1.00 e. The fraction of sp³-hybridized carbons (Fsp3) is 1.00. The van der Waals surface area contributed by atoms with Crippen molar-refractivity contribution in [2.24, 2.45) is 11.8 Å².